The molecule has 1 aliphatic heterocycles. The van der Waals surface area contributed by atoms with Gasteiger partial charge in [0.15, 0.2) is 0 Å². The zero-order chi connectivity index (χ0) is 12.6. The van der Waals surface area contributed by atoms with Gasteiger partial charge in [-0.25, -0.2) is 0 Å². The Kier molecular flexibility index (Phi) is 3.84. The minimum absolute atomic E-state index is 0.268. The molecule has 0 aromatic rings. The molecule has 2 rings (SSSR count). The Hall–Kier alpha value is -0.0800. The molecule has 0 aromatic heterocycles. The molecular weight excluding hydrogens is 210 g/mol. The first-order chi connectivity index (χ1) is 7.95. The number of hydrogen-bond donors (Lipinski definition) is 1. The molecule has 17 heavy (non-hydrogen) atoms. The fraction of sp³-hybridized carbons (Fsp3) is 1.00. The van der Waals surface area contributed by atoms with Gasteiger partial charge >= 0.3 is 0 Å². The molecule has 0 aromatic carbocycles. The third-order valence-corrected chi connectivity index (χ3v) is 5.20. The van der Waals surface area contributed by atoms with Gasteiger partial charge in [-0.1, -0.05) is 13.8 Å². The van der Waals surface area contributed by atoms with Crippen molar-refractivity contribution in [1.29, 1.82) is 0 Å². The molecule has 2 aliphatic rings. The number of hydrogen-bond acceptors (Lipinski definition) is 2. The Bertz CT molecular complexity index is 264. The van der Waals surface area contributed by atoms with E-state index in [9.17, 15) is 5.11 Å². The van der Waals surface area contributed by atoms with Crippen LogP contribution in [0.1, 0.15) is 53.4 Å². The smallest absolute Gasteiger partial charge is 0.0558 e. The van der Waals surface area contributed by atoms with E-state index >= 15 is 0 Å². The second-order valence-electron chi connectivity index (χ2n) is 7.06. The largest absolute Gasteiger partial charge is 0.395 e. The quantitative estimate of drug-likeness (QED) is 0.801. The fourth-order valence-electron chi connectivity index (χ4n) is 4.49. The number of rotatable bonds is 2. The van der Waals surface area contributed by atoms with E-state index in [-0.39, 0.29) is 5.54 Å². The van der Waals surface area contributed by atoms with Crippen molar-refractivity contribution in [2.45, 2.75) is 65.0 Å². The Labute approximate surface area is 106 Å². The van der Waals surface area contributed by atoms with Gasteiger partial charge in [-0.05, 0) is 57.3 Å². The van der Waals surface area contributed by atoms with Crippen molar-refractivity contribution in [3.8, 4) is 0 Å². The molecular formula is C15H29NO. The van der Waals surface area contributed by atoms with Crippen molar-refractivity contribution in [3.05, 3.63) is 0 Å². The van der Waals surface area contributed by atoms with Gasteiger partial charge in [0.1, 0.15) is 0 Å². The summed E-state index contributed by atoms with van der Waals surface area (Å²) in [5.41, 5.74) is 0.268. The van der Waals surface area contributed by atoms with E-state index in [0.29, 0.717) is 6.61 Å². The van der Waals surface area contributed by atoms with Crippen LogP contribution in [0, 0.1) is 17.8 Å². The average Bonchev–Trinajstić information content (AvgIpc) is 2.24. The number of β-amino-alcohol motifs (C(OH)–C–C–N with tert-alkyl or cyclic N) is 1. The van der Waals surface area contributed by atoms with E-state index in [1.165, 1.54) is 25.7 Å². The van der Waals surface area contributed by atoms with Crippen LogP contribution in [0.25, 0.3) is 0 Å². The van der Waals surface area contributed by atoms with Crippen LogP contribution in [-0.4, -0.2) is 34.7 Å². The van der Waals surface area contributed by atoms with Crippen LogP contribution >= 0.6 is 0 Å². The first-order valence-electron chi connectivity index (χ1n) is 7.33. The maximum absolute atomic E-state index is 9.32. The van der Waals surface area contributed by atoms with E-state index in [4.69, 9.17) is 0 Å². The van der Waals surface area contributed by atoms with E-state index in [2.05, 4.69) is 32.6 Å². The monoisotopic (exact) mass is 239 g/mol. The van der Waals surface area contributed by atoms with Gasteiger partial charge in [0.05, 0.1) is 6.61 Å². The number of fused-ring (bicyclic) bond motifs is 1. The van der Waals surface area contributed by atoms with Crippen LogP contribution < -0.4 is 0 Å². The van der Waals surface area contributed by atoms with Crippen molar-refractivity contribution in [2.24, 2.45) is 17.8 Å². The maximum atomic E-state index is 9.32. The Balaban J connectivity index is 2.18. The van der Waals surface area contributed by atoms with Crippen LogP contribution in [0.2, 0.25) is 0 Å². The summed E-state index contributed by atoms with van der Waals surface area (Å²) < 4.78 is 0. The highest BCUT2D eigenvalue weighted by molar-refractivity contribution is 5.00. The number of nitrogens with zero attached hydrogens (tertiary/aromatic N) is 1. The second-order valence-corrected chi connectivity index (χ2v) is 7.06. The fourth-order valence-corrected chi connectivity index (χ4v) is 4.49. The second kappa shape index (κ2) is 4.89. The van der Waals surface area contributed by atoms with Gasteiger partial charge in [-0.2, -0.15) is 0 Å². The van der Waals surface area contributed by atoms with Crippen molar-refractivity contribution in [3.63, 3.8) is 0 Å². The lowest BCUT2D eigenvalue weighted by molar-refractivity contribution is -0.0721. The third kappa shape index (κ3) is 2.53. The SMILES string of the molecule is CC1CCC2C(C1)C(C)CC(C)(C)N2CCO. The molecule has 1 heterocycles. The highest BCUT2D eigenvalue weighted by atomic mass is 16.3. The lowest BCUT2D eigenvalue weighted by atomic mass is 9.65. The van der Waals surface area contributed by atoms with E-state index < -0.39 is 0 Å². The molecule has 4 unspecified atom stereocenters. The summed E-state index contributed by atoms with van der Waals surface area (Å²) >= 11 is 0. The van der Waals surface area contributed by atoms with Gasteiger partial charge in [0, 0.05) is 18.1 Å². The van der Waals surface area contributed by atoms with Crippen molar-refractivity contribution >= 4 is 0 Å². The lowest BCUT2D eigenvalue weighted by Gasteiger charge is -2.56. The molecule has 1 aliphatic carbocycles. The molecule has 1 saturated heterocycles. The van der Waals surface area contributed by atoms with Crippen LogP contribution in [-0.2, 0) is 0 Å². The predicted octanol–water partition coefficient (Wildman–Crippen LogP) is 2.90. The maximum Gasteiger partial charge on any atom is 0.0558 e. The highest BCUT2D eigenvalue weighted by Crippen LogP contribution is 2.46. The van der Waals surface area contributed by atoms with Gasteiger partial charge in [-0.3, -0.25) is 4.90 Å². The van der Waals surface area contributed by atoms with Gasteiger partial charge in [-0.15, -0.1) is 0 Å². The molecule has 2 heteroatoms. The van der Waals surface area contributed by atoms with Crippen molar-refractivity contribution in [2.75, 3.05) is 13.2 Å². The predicted molar refractivity (Wildman–Crippen MR) is 71.9 cm³/mol. The average molecular weight is 239 g/mol. The van der Waals surface area contributed by atoms with E-state index in [1.807, 2.05) is 0 Å². The molecule has 1 saturated carbocycles. The molecule has 0 bridgehead atoms. The summed E-state index contributed by atoms with van der Waals surface area (Å²) in [5, 5.41) is 9.32. The first-order valence-corrected chi connectivity index (χ1v) is 7.33. The van der Waals surface area contributed by atoms with Crippen LogP contribution in [0.4, 0.5) is 0 Å². The van der Waals surface area contributed by atoms with Crippen molar-refractivity contribution in [1.82, 2.24) is 4.90 Å². The highest BCUT2D eigenvalue weighted by Gasteiger charge is 2.46. The number of aliphatic hydroxyl groups excluding tert-OH is 1. The zero-order valence-electron chi connectivity index (χ0n) is 11.9. The molecule has 1 N–H and O–H groups in total. The summed E-state index contributed by atoms with van der Waals surface area (Å²) in [5.74, 6) is 2.60. The zero-order valence-corrected chi connectivity index (χ0v) is 11.9. The molecule has 100 valence electrons. The molecule has 2 fully saturated rings. The summed E-state index contributed by atoms with van der Waals surface area (Å²) in [4.78, 5) is 2.60. The normalized spacial score (nSPS) is 42.2. The van der Waals surface area contributed by atoms with Crippen LogP contribution in [0.5, 0.6) is 0 Å². The van der Waals surface area contributed by atoms with Crippen LogP contribution in [0.3, 0.4) is 0 Å². The van der Waals surface area contributed by atoms with E-state index in [1.54, 1.807) is 0 Å². The molecule has 4 atom stereocenters. The van der Waals surface area contributed by atoms with Crippen molar-refractivity contribution < 1.29 is 5.11 Å². The standard InChI is InChI=1S/C15H29NO/c1-11-5-6-14-13(9-11)12(2)10-15(3,4)16(14)7-8-17/h11-14,17H,5-10H2,1-4H3. The molecule has 2 nitrogen and oxygen atoms in total. The minimum Gasteiger partial charge on any atom is -0.395 e. The lowest BCUT2D eigenvalue weighted by Crippen LogP contribution is -2.61. The summed E-state index contributed by atoms with van der Waals surface area (Å²) in [7, 11) is 0. The summed E-state index contributed by atoms with van der Waals surface area (Å²) in [6.45, 7) is 10.7. The van der Waals surface area contributed by atoms with Gasteiger partial charge in [0.2, 0.25) is 0 Å². The molecule has 0 amide bonds. The number of aliphatic hydroxyl groups is 1. The summed E-state index contributed by atoms with van der Waals surface area (Å²) in [6.07, 6.45) is 5.37. The Morgan fingerprint density at radius 2 is 1.94 bits per heavy atom. The minimum atomic E-state index is 0.268. The van der Waals surface area contributed by atoms with Gasteiger partial charge < -0.3 is 5.11 Å². The van der Waals surface area contributed by atoms with Gasteiger partial charge in [0.25, 0.3) is 0 Å². The number of piperidine rings is 1. The third-order valence-electron chi connectivity index (χ3n) is 5.20. The molecule has 0 radical (unpaired) electrons. The Morgan fingerprint density at radius 3 is 2.59 bits per heavy atom. The number of likely N-dealkylation sites (tertiary alicyclic amines) is 1. The van der Waals surface area contributed by atoms with Crippen LogP contribution in [0.15, 0.2) is 0 Å². The molecule has 0 spiro atoms. The summed E-state index contributed by atoms with van der Waals surface area (Å²) in [6, 6.07) is 0.720. The Morgan fingerprint density at radius 1 is 1.24 bits per heavy atom. The van der Waals surface area contributed by atoms with E-state index in [0.717, 1.165) is 30.3 Å². The topological polar surface area (TPSA) is 23.5 Å². The first kappa shape index (κ1) is 13.4.